The molecule has 70 valence electrons. The summed E-state index contributed by atoms with van der Waals surface area (Å²) in [6.45, 7) is 0. The fourth-order valence-corrected chi connectivity index (χ4v) is 0.887. The number of carbonyl (C=O) groups excluding carboxylic acids is 1. The lowest BCUT2D eigenvalue weighted by atomic mass is 10.3. The van der Waals surface area contributed by atoms with E-state index in [0.29, 0.717) is 5.69 Å². The average molecular weight is 200 g/mol. The summed E-state index contributed by atoms with van der Waals surface area (Å²) in [5, 5.41) is 2.22. The minimum absolute atomic E-state index is 0.470. The molecule has 0 aromatic heterocycles. The van der Waals surface area contributed by atoms with Crippen LogP contribution in [0.2, 0.25) is 0 Å². The van der Waals surface area contributed by atoms with E-state index in [-0.39, 0.29) is 0 Å². The first kappa shape index (κ1) is 9.69. The lowest BCUT2D eigenvalue weighted by Crippen LogP contribution is -2.14. The molecule has 1 aromatic carbocycles. The van der Waals surface area contributed by atoms with Gasteiger partial charge in [0.05, 0.1) is 0 Å². The van der Waals surface area contributed by atoms with Crippen LogP contribution in [0.4, 0.5) is 10.5 Å². The highest BCUT2D eigenvalue weighted by molar-refractivity contribution is 7.74. The van der Waals surface area contributed by atoms with Crippen LogP contribution in [0.3, 0.4) is 0 Å². The van der Waals surface area contributed by atoms with Gasteiger partial charge in [-0.05, 0) is 12.1 Å². The SMILES string of the molecule is O=C(Nc1ccccc1)OS(=O)[O-]. The van der Waals surface area contributed by atoms with Crippen LogP contribution in [0.25, 0.3) is 0 Å². The molecular weight excluding hydrogens is 194 g/mol. The molecule has 13 heavy (non-hydrogen) atoms. The summed E-state index contributed by atoms with van der Waals surface area (Å²) < 4.78 is 23.7. The Bertz CT molecular complexity index is 314. The molecule has 0 bridgehead atoms. The number of amides is 1. The Kier molecular flexibility index (Phi) is 3.41. The molecule has 0 aliphatic carbocycles. The predicted molar refractivity (Wildman–Crippen MR) is 45.5 cm³/mol. The molecule has 1 unspecified atom stereocenters. The first-order valence-electron chi connectivity index (χ1n) is 3.32. The fraction of sp³-hybridized carbons (Fsp3) is 0. The molecule has 1 amide bonds. The first-order valence-corrected chi connectivity index (χ1v) is 4.32. The standard InChI is InChI=1S/C7H7NO4S/c9-7(12-13(10)11)8-6-4-2-1-3-5-6/h1-5H,(H,8,9)(H,10,11)/p-1. The molecule has 5 nitrogen and oxygen atoms in total. The highest BCUT2D eigenvalue weighted by Gasteiger charge is 2.01. The topological polar surface area (TPSA) is 78.5 Å². The maximum Gasteiger partial charge on any atom is 0.425 e. The van der Waals surface area contributed by atoms with Crippen molar-refractivity contribution in [1.82, 2.24) is 0 Å². The molecule has 6 heteroatoms. The molecule has 0 spiro atoms. The molecule has 1 atom stereocenters. The molecule has 0 saturated heterocycles. The third kappa shape index (κ3) is 3.68. The van der Waals surface area contributed by atoms with Crippen molar-refractivity contribution in [3.05, 3.63) is 30.3 Å². The predicted octanol–water partition coefficient (Wildman–Crippen LogP) is 1.03. The molecule has 0 saturated carbocycles. The van der Waals surface area contributed by atoms with E-state index in [9.17, 15) is 13.6 Å². The molecule has 0 fully saturated rings. The summed E-state index contributed by atoms with van der Waals surface area (Å²) in [5.41, 5.74) is 0.470. The van der Waals surface area contributed by atoms with Gasteiger partial charge in [0.2, 0.25) is 0 Å². The number of carbonyl (C=O) groups is 1. The van der Waals surface area contributed by atoms with E-state index in [1.807, 2.05) is 0 Å². The van der Waals surface area contributed by atoms with Gasteiger partial charge in [0.1, 0.15) is 11.4 Å². The summed E-state index contributed by atoms with van der Waals surface area (Å²) in [7, 11) is 0. The lowest BCUT2D eigenvalue weighted by molar-refractivity contribution is 0.215. The maximum absolute atomic E-state index is 10.7. The van der Waals surface area contributed by atoms with Crippen molar-refractivity contribution in [2.45, 2.75) is 0 Å². The number of rotatable bonds is 2. The largest absolute Gasteiger partial charge is 0.740 e. The Morgan fingerprint density at radius 2 is 2.00 bits per heavy atom. The lowest BCUT2D eigenvalue weighted by Gasteiger charge is -2.06. The van der Waals surface area contributed by atoms with Crippen LogP contribution in [0.15, 0.2) is 30.3 Å². The first-order chi connectivity index (χ1) is 6.18. The van der Waals surface area contributed by atoms with Gasteiger partial charge in [-0.2, -0.15) is 0 Å². The van der Waals surface area contributed by atoms with Gasteiger partial charge in [0, 0.05) is 5.69 Å². The highest BCUT2D eigenvalue weighted by Crippen LogP contribution is 2.05. The highest BCUT2D eigenvalue weighted by atomic mass is 32.2. The van der Waals surface area contributed by atoms with Crippen molar-refractivity contribution in [2.75, 3.05) is 5.32 Å². The zero-order chi connectivity index (χ0) is 9.68. The van der Waals surface area contributed by atoms with Crippen LogP contribution in [0.5, 0.6) is 0 Å². The second-order valence-corrected chi connectivity index (χ2v) is 2.64. The van der Waals surface area contributed by atoms with Crippen molar-refractivity contribution in [1.29, 1.82) is 0 Å². The third-order valence-corrected chi connectivity index (χ3v) is 1.45. The Hall–Kier alpha value is -1.40. The normalized spacial score (nSPS) is 11.8. The number of para-hydroxylation sites is 1. The molecule has 1 rings (SSSR count). The van der Waals surface area contributed by atoms with Gasteiger partial charge in [0.25, 0.3) is 0 Å². The van der Waals surface area contributed by atoms with Crippen LogP contribution in [-0.4, -0.2) is 14.9 Å². The summed E-state index contributed by atoms with van der Waals surface area (Å²) in [4.78, 5) is 10.7. The number of benzene rings is 1. The van der Waals surface area contributed by atoms with Gasteiger partial charge in [-0.1, -0.05) is 18.2 Å². The van der Waals surface area contributed by atoms with Gasteiger partial charge >= 0.3 is 6.09 Å². The van der Waals surface area contributed by atoms with Gasteiger partial charge in [0.15, 0.2) is 0 Å². The van der Waals surface area contributed by atoms with Gasteiger partial charge in [-0.15, -0.1) is 0 Å². The van der Waals surface area contributed by atoms with E-state index in [2.05, 4.69) is 9.50 Å². The third-order valence-electron chi connectivity index (χ3n) is 1.16. The van der Waals surface area contributed by atoms with Crippen LogP contribution in [0, 0.1) is 0 Å². The zero-order valence-electron chi connectivity index (χ0n) is 6.43. The fourth-order valence-electron chi connectivity index (χ4n) is 0.722. The van der Waals surface area contributed by atoms with E-state index in [1.54, 1.807) is 30.3 Å². The van der Waals surface area contributed by atoms with Gasteiger partial charge < -0.3 is 8.74 Å². The summed E-state index contributed by atoms with van der Waals surface area (Å²) in [6.07, 6.45) is -1.03. The van der Waals surface area contributed by atoms with Crippen molar-refractivity contribution < 1.29 is 17.7 Å². The van der Waals surface area contributed by atoms with E-state index in [1.165, 1.54) is 0 Å². The molecule has 0 heterocycles. The van der Waals surface area contributed by atoms with Crippen molar-refractivity contribution in [2.24, 2.45) is 0 Å². The van der Waals surface area contributed by atoms with E-state index in [0.717, 1.165) is 0 Å². The summed E-state index contributed by atoms with van der Waals surface area (Å²) in [6, 6.07) is 8.37. The Balaban J connectivity index is 2.50. The molecule has 1 aromatic rings. The number of anilines is 1. The Morgan fingerprint density at radius 3 is 2.54 bits per heavy atom. The maximum atomic E-state index is 10.7. The average Bonchev–Trinajstić information content (AvgIpc) is 2.04. The number of hydrogen-bond donors (Lipinski definition) is 1. The van der Waals surface area contributed by atoms with Gasteiger partial charge in [-0.3, -0.25) is 5.32 Å². The molecule has 0 aliphatic rings. The van der Waals surface area contributed by atoms with Crippen LogP contribution < -0.4 is 5.32 Å². The van der Waals surface area contributed by atoms with Crippen LogP contribution in [-0.2, 0) is 15.5 Å². The van der Waals surface area contributed by atoms with E-state index in [4.69, 9.17) is 0 Å². The second kappa shape index (κ2) is 4.58. The van der Waals surface area contributed by atoms with Crippen LogP contribution >= 0.6 is 0 Å². The summed E-state index contributed by atoms with van der Waals surface area (Å²) in [5.74, 6) is 0. The summed E-state index contributed by atoms with van der Waals surface area (Å²) >= 11 is -2.83. The van der Waals surface area contributed by atoms with Crippen molar-refractivity contribution in [3.8, 4) is 0 Å². The Labute approximate surface area is 77.2 Å². The van der Waals surface area contributed by atoms with E-state index >= 15 is 0 Å². The smallest absolute Gasteiger partial charge is 0.425 e. The van der Waals surface area contributed by atoms with Gasteiger partial charge in [-0.25, -0.2) is 9.00 Å². The van der Waals surface area contributed by atoms with Crippen molar-refractivity contribution >= 4 is 23.1 Å². The second-order valence-electron chi connectivity index (χ2n) is 2.07. The molecule has 0 radical (unpaired) electrons. The Morgan fingerprint density at radius 1 is 1.38 bits per heavy atom. The van der Waals surface area contributed by atoms with E-state index < -0.39 is 17.5 Å². The molecule has 0 aliphatic heterocycles. The minimum atomic E-state index is -2.83. The quantitative estimate of drug-likeness (QED) is 0.723. The minimum Gasteiger partial charge on any atom is -0.740 e. The van der Waals surface area contributed by atoms with Crippen LogP contribution in [0.1, 0.15) is 0 Å². The molecular formula is C7H6NO4S-. The monoisotopic (exact) mass is 200 g/mol. The number of hydrogen-bond acceptors (Lipinski definition) is 4. The zero-order valence-corrected chi connectivity index (χ0v) is 7.24. The number of nitrogens with one attached hydrogen (secondary N) is 1. The molecule has 1 N–H and O–H groups in total. The van der Waals surface area contributed by atoms with Crippen molar-refractivity contribution in [3.63, 3.8) is 0 Å².